The molecule has 0 fully saturated rings. The van der Waals surface area contributed by atoms with Crippen LogP contribution in [0.5, 0.6) is 0 Å². The van der Waals surface area contributed by atoms with Crippen molar-refractivity contribution in [1.29, 1.82) is 0 Å². The van der Waals surface area contributed by atoms with E-state index in [9.17, 15) is 9.59 Å². The highest BCUT2D eigenvalue weighted by Gasteiger charge is 2.15. The Labute approximate surface area is 149 Å². The van der Waals surface area contributed by atoms with Gasteiger partial charge in [-0.1, -0.05) is 13.0 Å². The highest BCUT2D eigenvalue weighted by Crippen LogP contribution is 2.22. The summed E-state index contributed by atoms with van der Waals surface area (Å²) in [6.07, 6.45) is 2.27. The van der Waals surface area contributed by atoms with E-state index in [1.807, 2.05) is 24.4 Å². The lowest BCUT2D eigenvalue weighted by Crippen LogP contribution is -2.27. The van der Waals surface area contributed by atoms with Crippen LogP contribution in [-0.4, -0.2) is 11.8 Å². The van der Waals surface area contributed by atoms with E-state index in [0.29, 0.717) is 11.3 Å². The standard InChI is InChI=1S/C19H18N2O3S/c1-2-15(17-6-4-12-25-17)21-18(22)13-7-9-14(10-8-13)20-19(23)16-5-3-11-24-16/h3-12,15H,2H2,1H3,(H,20,23)(H,21,22). The van der Waals surface area contributed by atoms with Gasteiger partial charge in [0, 0.05) is 16.1 Å². The second-order valence-corrected chi connectivity index (χ2v) is 6.44. The number of carbonyl (C=O) groups excluding carboxylic acids is 2. The highest BCUT2D eigenvalue weighted by molar-refractivity contribution is 7.10. The lowest BCUT2D eigenvalue weighted by atomic mass is 10.1. The predicted octanol–water partition coefficient (Wildman–Crippen LogP) is 4.47. The lowest BCUT2D eigenvalue weighted by molar-refractivity contribution is 0.0935. The topological polar surface area (TPSA) is 71.3 Å². The molecule has 2 N–H and O–H groups in total. The van der Waals surface area contributed by atoms with Crippen molar-refractivity contribution in [2.24, 2.45) is 0 Å². The second kappa shape index (κ2) is 7.81. The van der Waals surface area contributed by atoms with Gasteiger partial charge in [0.05, 0.1) is 12.3 Å². The summed E-state index contributed by atoms with van der Waals surface area (Å²) in [5.41, 5.74) is 1.15. The van der Waals surface area contributed by atoms with Gasteiger partial charge in [-0.15, -0.1) is 11.3 Å². The van der Waals surface area contributed by atoms with Crippen molar-refractivity contribution in [3.63, 3.8) is 0 Å². The molecule has 6 heteroatoms. The minimum absolute atomic E-state index is 0.00540. The molecule has 3 rings (SSSR count). The number of hydrogen-bond donors (Lipinski definition) is 2. The van der Waals surface area contributed by atoms with E-state index in [1.54, 1.807) is 47.7 Å². The van der Waals surface area contributed by atoms with Crippen LogP contribution >= 0.6 is 11.3 Å². The van der Waals surface area contributed by atoms with Crippen LogP contribution in [0.3, 0.4) is 0 Å². The monoisotopic (exact) mass is 354 g/mol. The summed E-state index contributed by atoms with van der Waals surface area (Å²) in [6.45, 7) is 2.04. The molecule has 1 unspecified atom stereocenters. The molecule has 0 bridgehead atoms. The van der Waals surface area contributed by atoms with Crippen molar-refractivity contribution in [3.05, 3.63) is 76.4 Å². The van der Waals surface area contributed by atoms with Crippen molar-refractivity contribution in [2.45, 2.75) is 19.4 Å². The highest BCUT2D eigenvalue weighted by atomic mass is 32.1. The van der Waals surface area contributed by atoms with Gasteiger partial charge in [0.25, 0.3) is 11.8 Å². The third-order valence-corrected chi connectivity index (χ3v) is 4.74. The quantitative estimate of drug-likeness (QED) is 0.686. The van der Waals surface area contributed by atoms with Crippen molar-refractivity contribution >= 4 is 28.8 Å². The molecule has 0 saturated heterocycles. The number of rotatable bonds is 6. The van der Waals surface area contributed by atoms with Gasteiger partial charge < -0.3 is 15.1 Å². The summed E-state index contributed by atoms with van der Waals surface area (Å²) in [7, 11) is 0. The molecule has 0 spiro atoms. The number of nitrogens with one attached hydrogen (secondary N) is 2. The van der Waals surface area contributed by atoms with E-state index < -0.39 is 0 Å². The molecule has 2 amide bonds. The maximum Gasteiger partial charge on any atom is 0.291 e. The average molecular weight is 354 g/mol. The number of anilines is 1. The first-order chi connectivity index (χ1) is 12.2. The molecule has 0 radical (unpaired) electrons. The smallest absolute Gasteiger partial charge is 0.291 e. The Hall–Kier alpha value is -2.86. The first-order valence-electron chi connectivity index (χ1n) is 7.96. The minimum atomic E-state index is -0.328. The van der Waals surface area contributed by atoms with Crippen molar-refractivity contribution in [3.8, 4) is 0 Å². The Bertz CT molecular complexity index is 824. The lowest BCUT2D eigenvalue weighted by Gasteiger charge is -2.15. The zero-order valence-electron chi connectivity index (χ0n) is 13.7. The predicted molar refractivity (Wildman–Crippen MR) is 97.9 cm³/mol. The molecule has 5 nitrogen and oxygen atoms in total. The third kappa shape index (κ3) is 4.16. The van der Waals surface area contributed by atoms with Crippen LogP contribution in [0.1, 0.15) is 45.2 Å². The van der Waals surface area contributed by atoms with Crippen molar-refractivity contribution in [2.75, 3.05) is 5.32 Å². The van der Waals surface area contributed by atoms with Gasteiger partial charge in [-0.25, -0.2) is 0 Å². The molecule has 2 heterocycles. The Kier molecular flexibility index (Phi) is 5.30. The normalized spacial score (nSPS) is 11.7. The van der Waals surface area contributed by atoms with E-state index >= 15 is 0 Å². The van der Waals surface area contributed by atoms with Crippen LogP contribution in [0.4, 0.5) is 5.69 Å². The average Bonchev–Trinajstić information content (AvgIpc) is 3.33. The fourth-order valence-electron chi connectivity index (χ4n) is 2.41. The van der Waals surface area contributed by atoms with Gasteiger partial charge in [0.2, 0.25) is 0 Å². The van der Waals surface area contributed by atoms with Crippen LogP contribution in [0.15, 0.2) is 64.6 Å². The van der Waals surface area contributed by atoms with Crippen LogP contribution in [0.2, 0.25) is 0 Å². The molecule has 2 aromatic heterocycles. The fourth-order valence-corrected chi connectivity index (χ4v) is 3.27. The van der Waals surface area contributed by atoms with Crippen LogP contribution in [0.25, 0.3) is 0 Å². The number of carbonyl (C=O) groups is 2. The molecule has 0 aliphatic heterocycles. The molecule has 128 valence electrons. The Balaban J connectivity index is 1.63. The van der Waals surface area contributed by atoms with Gasteiger partial charge in [-0.2, -0.15) is 0 Å². The summed E-state index contributed by atoms with van der Waals surface area (Å²) in [4.78, 5) is 25.5. The van der Waals surface area contributed by atoms with Gasteiger partial charge in [-0.05, 0) is 54.3 Å². The zero-order chi connectivity index (χ0) is 17.6. The molecule has 3 aromatic rings. The molecule has 1 atom stereocenters. The zero-order valence-corrected chi connectivity index (χ0v) is 14.5. The molecule has 1 aromatic carbocycles. The summed E-state index contributed by atoms with van der Waals surface area (Å²) in [5, 5.41) is 7.76. The van der Waals surface area contributed by atoms with E-state index in [-0.39, 0.29) is 23.6 Å². The van der Waals surface area contributed by atoms with Gasteiger partial charge in [0.15, 0.2) is 5.76 Å². The van der Waals surface area contributed by atoms with Gasteiger partial charge >= 0.3 is 0 Å². The number of hydrogen-bond acceptors (Lipinski definition) is 4. The molecule has 0 saturated carbocycles. The molecule has 0 aliphatic rings. The van der Waals surface area contributed by atoms with Crippen LogP contribution in [0, 0.1) is 0 Å². The molecular formula is C19H18N2O3S. The van der Waals surface area contributed by atoms with E-state index in [2.05, 4.69) is 10.6 Å². The summed E-state index contributed by atoms with van der Waals surface area (Å²) in [5.74, 6) is -0.223. The summed E-state index contributed by atoms with van der Waals surface area (Å²) >= 11 is 1.63. The van der Waals surface area contributed by atoms with Gasteiger partial charge in [-0.3, -0.25) is 9.59 Å². The van der Waals surface area contributed by atoms with Crippen molar-refractivity contribution < 1.29 is 14.0 Å². The third-order valence-electron chi connectivity index (χ3n) is 3.75. The number of furan rings is 1. The van der Waals surface area contributed by atoms with Crippen LogP contribution in [-0.2, 0) is 0 Å². The van der Waals surface area contributed by atoms with Crippen molar-refractivity contribution in [1.82, 2.24) is 5.32 Å². The molecular weight excluding hydrogens is 336 g/mol. The maximum absolute atomic E-state index is 12.4. The number of benzene rings is 1. The number of amides is 2. The van der Waals surface area contributed by atoms with E-state index in [0.717, 1.165) is 11.3 Å². The molecule has 0 aliphatic carbocycles. The molecule has 25 heavy (non-hydrogen) atoms. The van der Waals surface area contributed by atoms with E-state index in [1.165, 1.54) is 6.26 Å². The Morgan fingerprint density at radius 2 is 1.88 bits per heavy atom. The first kappa shape index (κ1) is 17.0. The maximum atomic E-state index is 12.4. The largest absolute Gasteiger partial charge is 0.459 e. The SMILES string of the molecule is CCC(NC(=O)c1ccc(NC(=O)c2ccco2)cc1)c1cccs1. The minimum Gasteiger partial charge on any atom is -0.459 e. The summed E-state index contributed by atoms with van der Waals surface area (Å²) < 4.78 is 5.05. The first-order valence-corrected chi connectivity index (χ1v) is 8.84. The summed E-state index contributed by atoms with van der Waals surface area (Å²) in [6, 6.07) is 14.0. The Morgan fingerprint density at radius 1 is 1.08 bits per heavy atom. The Morgan fingerprint density at radius 3 is 2.48 bits per heavy atom. The fraction of sp³-hybridized carbons (Fsp3) is 0.158. The second-order valence-electron chi connectivity index (χ2n) is 5.46. The van der Waals surface area contributed by atoms with E-state index in [4.69, 9.17) is 4.42 Å². The van der Waals surface area contributed by atoms with Gasteiger partial charge in [0.1, 0.15) is 0 Å². The van der Waals surface area contributed by atoms with Crippen LogP contribution < -0.4 is 10.6 Å². The number of thiophene rings is 1.